The summed E-state index contributed by atoms with van der Waals surface area (Å²) in [6.45, 7) is 1.41. The fraction of sp³-hybridized carbons (Fsp3) is 0.346. The topological polar surface area (TPSA) is 59.1 Å². The normalized spacial score (nSPS) is 18.0. The van der Waals surface area contributed by atoms with Gasteiger partial charge in [0, 0.05) is 13.1 Å². The number of ether oxygens (including phenoxy) is 2. The van der Waals surface area contributed by atoms with Crippen molar-refractivity contribution >= 4 is 46.2 Å². The van der Waals surface area contributed by atoms with Gasteiger partial charge in [-0.1, -0.05) is 60.4 Å². The molecule has 0 aliphatic carbocycles. The third-order valence-electron chi connectivity index (χ3n) is 6.21. The monoisotopic (exact) mass is 496 g/mol. The van der Waals surface area contributed by atoms with Crippen LogP contribution >= 0.6 is 24.0 Å². The zero-order chi connectivity index (χ0) is 24.1. The Kier molecular flexibility index (Phi) is 7.90. The summed E-state index contributed by atoms with van der Waals surface area (Å²) >= 11 is 6.64. The number of thioether (sulfide) groups is 1. The number of thiocarbonyl (C=S) groups is 1. The maximum atomic E-state index is 13.0. The molecule has 0 spiro atoms. The fourth-order valence-electron chi connectivity index (χ4n) is 4.30. The number of amides is 2. The number of hydrogen-bond donors (Lipinski definition) is 0. The number of hydrogen-bond acceptors (Lipinski definition) is 6. The predicted molar refractivity (Wildman–Crippen MR) is 139 cm³/mol. The molecule has 2 aliphatic heterocycles. The number of benzene rings is 2. The minimum absolute atomic E-state index is 0.0166. The van der Waals surface area contributed by atoms with Crippen molar-refractivity contribution in [2.75, 3.05) is 33.9 Å². The largest absolute Gasteiger partial charge is 0.493 e. The number of methoxy groups -OCH3 is 2. The molecule has 0 atom stereocenters. The van der Waals surface area contributed by atoms with Crippen molar-refractivity contribution in [1.82, 2.24) is 9.80 Å². The number of rotatable bonds is 7. The molecule has 2 aromatic rings. The number of nitrogens with zero attached hydrogens (tertiary/aromatic N) is 2. The number of likely N-dealkylation sites (tertiary alicyclic amines) is 1. The van der Waals surface area contributed by atoms with Gasteiger partial charge in [-0.15, -0.1) is 0 Å². The van der Waals surface area contributed by atoms with E-state index in [9.17, 15) is 9.59 Å². The first-order valence-corrected chi connectivity index (χ1v) is 12.5. The van der Waals surface area contributed by atoms with E-state index in [4.69, 9.17) is 21.7 Å². The van der Waals surface area contributed by atoms with Crippen LogP contribution in [0.2, 0.25) is 0 Å². The van der Waals surface area contributed by atoms with Gasteiger partial charge < -0.3 is 14.4 Å². The van der Waals surface area contributed by atoms with Gasteiger partial charge in [0.15, 0.2) is 11.5 Å². The summed E-state index contributed by atoms with van der Waals surface area (Å²) in [6.07, 6.45) is 4.75. The number of piperidine rings is 1. The lowest BCUT2D eigenvalue weighted by Crippen LogP contribution is -2.45. The molecule has 0 bridgehead atoms. The molecule has 2 aromatic carbocycles. The summed E-state index contributed by atoms with van der Waals surface area (Å²) < 4.78 is 11.0. The second kappa shape index (κ2) is 11.1. The average Bonchev–Trinajstić information content (AvgIpc) is 3.12. The van der Waals surface area contributed by atoms with Gasteiger partial charge in [0.1, 0.15) is 10.9 Å². The molecule has 2 fully saturated rings. The third kappa shape index (κ3) is 5.62. The molecule has 34 heavy (non-hydrogen) atoms. The summed E-state index contributed by atoms with van der Waals surface area (Å²) in [4.78, 5) is 29.7. The van der Waals surface area contributed by atoms with Gasteiger partial charge in [-0.05, 0) is 54.5 Å². The van der Waals surface area contributed by atoms with Crippen molar-refractivity contribution in [1.29, 1.82) is 0 Å². The molecular formula is C26H28N2O4S2. The van der Waals surface area contributed by atoms with Gasteiger partial charge in [0.25, 0.3) is 5.91 Å². The van der Waals surface area contributed by atoms with Gasteiger partial charge >= 0.3 is 0 Å². The van der Waals surface area contributed by atoms with Gasteiger partial charge in [0.2, 0.25) is 5.91 Å². The highest BCUT2D eigenvalue weighted by Gasteiger charge is 2.35. The van der Waals surface area contributed by atoms with Gasteiger partial charge in [-0.25, -0.2) is 0 Å². The Morgan fingerprint density at radius 3 is 2.47 bits per heavy atom. The molecule has 6 nitrogen and oxygen atoms in total. The number of carbonyl (C=O) groups excluding carboxylic acids is 2. The zero-order valence-electron chi connectivity index (χ0n) is 19.4. The molecule has 8 heteroatoms. The number of carbonyl (C=O) groups is 2. The van der Waals surface area contributed by atoms with Crippen molar-refractivity contribution in [3.63, 3.8) is 0 Å². The molecule has 0 radical (unpaired) electrons. The quantitative estimate of drug-likeness (QED) is 0.419. The van der Waals surface area contributed by atoms with Crippen LogP contribution in [0.5, 0.6) is 11.5 Å². The van der Waals surface area contributed by atoms with Crippen LogP contribution in [-0.2, 0) is 16.0 Å². The Balaban J connectivity index is 1.34. The van der Waals surface area contributed by atoms with Crippen LogP contribution in [-0.4, -0.2) is 59.8 Å². The van der Waals surface area contributed by atoms with Crippen LogP contribution in [0.4, 0.5) is 0 Å². The van der Waals surface area contributed by atoms with Crippen molar-refractivity contribution in [2.24, 2.45) is 5.92 Å². The van der Waals surface area contributed by atoms with E-state index in [1.807, 2.05) is 17.0 Å². The summed E-state index contributed by atoms with van der Waals surface area (Å²) in [5.41, 5.74) is 2.14. The third-order valence-corrected chi connectivity index (χ3v) is 7.58. The van der Waals surface area contributed by atoms with E-state index in [1.54, 1.807) is 32.4 Å². The molecule has 0 saturated carbocycles. The van der Waals surface area contributed by atoms with Crippen LogP contribution < -0.4 is 9.47 Å². The first-order valence-electron chi connectivity index (χ1n) is 11.3. The van der Waals surface area contributed by atoms with Crippen molar-refractivity contribution in [2.45, 2.75) is 19.3 Å². The van der Waals surface area contributed by atoms with Crippen molar-refractivity contribution in [3.05, 3.63) is 64.6 Å². The molecule has 4 rings (SSSR count). The lowest BCUT2D eigenvalue weighted by Gasteiger charge is -2.33. The predicted octanol–water partition coefficient (Wildman–Crippen LogP) is 4.39. The molecule has 178 valence electrons. The minimum Gasteiger partial charge on any atom is -0.493 e. The molecule has 0 unspecified atom stereocenters. The maximum Gasteiger partial charge on any atom is 0.266 e. The lowest BCUT2D eigenvalue weighted by molar-refractivity contribution is -0.136. The lowest BCUT2D eigenvalue weighted by atomic mass is 9.90. The van der Waals surface area contributed by atoms with E-state index >= 15 is 0 Å². The smallest absolute Gasteiger partial charge is 0.266 e. The Labute approximate surface area is 209 Å². The summed E-state index contributed by atoms with van der Waals surface area (Å²) in [5.74, 6) is 1.48. The van der Waals surface area contributed by atoms with Gasteiger partial charge in [-0.3, -0.25) is 14.5 Å². The molecule has 2 saturated heterocycles. The Hall–Kier alpha value is -2.84. The Morgan fingerprint density at radius 1 is 1.09 bits per heavy atom. The van der Waals surface area contributed by atoms with E-state index < -0.39 is 0 Å². The first kappa shape index (κ1) is 24.3. The minimum atomic E-state index is -0.239. The summed E-state index contributed by atoms with van der Waals surface area (Å²) in [5, 5.41) is 0. The van der Waals surface area contributed by atoms with Crippen molar-refractivity contribution < 1.29 is 19.1 Å². The molecule has 2 aliphatic rings. The van der Waals surface area contributed by atoms with E-state index in [2.05, 4.69) is 24.3 Å². The van der Waals surface area contributed by atoms with Crippen LogP contribution in [0.3, 0.4) is 0 Å². The molecule has 0 N–H and O–H groups in total. The van der Waals surface area contributed by atoms with Crippen LogP contribution in [0, 0.1) is 5.92 Å². The van der Waals surface area contributed by atoms with Crippen LogP contribution in [0.15, 0.2) is 53.4 Å². The van der Waals surface area contributed by atoms with E-state index in [-0.39, 0.29) is 18.4 Å². The highest BCUT2D eigenvalue weighted by atomic mass is 32.2. The zero-order valence-corrected chi connectivity index (χ0v) is 21.0. The van der Waals surface area contributed by atoms with Gasteiger partial charge in [0.05, 0.1) is 19.1 Å². The Morgan fingerprint density at radius 2 is 1.79 bits per heavy atom. The first-order chi connectivity index (χ1) is 16.5. The second-order valence-electron chi connectivity index (χ2n) is 8.40. The SMILES string of the molecule is COc1ccc(/C=C2\SC(=S)N(CC(=O)N3CCC(Cc4ccccc4)CC3)C2=O)cc1OC. The van der Waals surface area contributed by atoms with Crippen molar-refractivity contribution in [3.8, 4) is 11.5 Å². The van der Waals surface area contributed by atoms with Crippen LogP contribution in [0.25, 0.3) is 6.08 Å². The molecule has 2 heterocycles. The maximum absolute atomic E-state index is 13.0. The Bertz CT molecular complexity index is 1100. The van der Waals surface area contributed by atoms with E-state index in [1.165, 1.54) is 22.2 Å². The highest BCUT2D eigenvalue weighted by molar-refractivity contribution is 8.26. The standard InChI is InChI=1S/C26H28N2O4S2/c1-31-21-9-8-20(15-22(21)32-2)16-23-25(30)28(26(33)34-23)17-24(29)27-12-10-19(11-13-27)14-18-6-4-3-5-7-18/h3-9,15-16,19H,10-14,17H2,1-2H3/b23-16-. The average molecular weight is 497 g/mol. The van der Waals surface area contributed by atoms with Crippen LogP contribution in [0.1, 0.15) is 24.0 Å². The summed E-state index contributed by atoms with van der Waals surface area (Å²) in [7, 11) is 3.14. The van der Waals surface area contributed by atoms with E-state index in [0.717, 1.165) is 24.8 Å². The van der Waals surface area contributed by atoms with Gasteiger partial charge in [-0.2, -0.15) is 0 Å². The van der Waals surface area contributed by atoms with E-state index in [0.29, 0.717) is 39.7 Å². The molecule has 0 aromatic heterocycles. The highest BCUT2D eigenvalue weighted by Crippen LogP contribution is 2.35. The molecule has 2 amide bonds. The molecular weight excluding hydrogens is 468 g/mol. The summed E-state index contributed by atoms with van der Waals surface area (Å²) in [6, 6.07) is 15.9. The second-order valence-corrected chi connectivity index (χ2v) is 10.1. The fourth-order valence-corrected chi connectivity index (χ4v) is 5.55.